The largest absolute Gasteiger partial charge is 0.412 e. The van der Waals surface area contributed by atoms with Gasteiger partial charge in [0, 0.05) is 45.5 Å². The Morgan fingerprint density at radius 1 is 1.10 bits per heavy atom. The number of fused-ring (bicyclic) bond motifs is 1. The number of pyridine rings is 1. The van der Waals surface area contributed by atoms with Gasteiger partial charge in [-0.15, -0.1) is 0 Å². The maximum atomic E-state index is 12.1. The molecular weight excluding hydrogens is 412 g/mol. The Morgan fingerprint density at radius 3 is 2.58 bits per heavy atom. The molecular formula is C23H32N4O3S. The molecule has 0 bridgehead atoms. The molecule has 0 unspecified atom stereocenters. The van der Waals surface area contributed by atoms with Crippen LogP contribution in [0.3, 0.4) is 0 Å². The number of aryl methyl sites for hydroxylation is 1. The topological polar surface area (TPSA) is 120 Å². The quantitative estimate of drug-likeness (QED) is 0.584. The first-order valence-corrected chi connectivity index (χ1v) is 10.5. The van der Waals surface area contributed by atoms with Crippen molar-refractivity contribution in [2.24, 2.45) is 0 Å². The lowest BCUT2D eigenvalue weighted by Crippen LogP contribution is -2.28. The number of carbonyl (C=O) groups is 1. The molecule has 3 aromatic rings. The molecule has 0 saturated heterocycles. The molecule has 0 aliphatic carbocycles. The lowest BCUT2D eigenvalue weighted by molar-refractivity contribution is 0.251. The highest BCUT2D eigenvalue weighted by Gasteiger charge is 2.18. The maximum absolute atomic E-state index is 12.1. The number of benzene rings is 2. The Hall–Kier alpha value is -2.91. The standard InChI is InChI=1S/C23H24N4OS.2H2O.2H2/c1-17-3-2-4-19-11-14-27(16-22(17)19)29-21-7-5-20(6-8-21)26-23(28)25-15-18-9-12-24-13-10-18;;;;/h2-10,12-13H,11,14-16H2,1H3,(H2,25,26,28);2*1H2;2*1H. The Bertz CT molecular complexity index is 995. The predicted octanol–water partition coefficient (Wildman–Crippen LogP) is 3.62. The van der Waals surface area contributed by atoms with E-state index in [-0.39, 0.29) is 19.8 Å². The van der Waals surface area contributed by atoms with Crippen LogP contribution in [0.4, 0.5) is 10.5 Å². The van der Waals surface area contributed by atoms with Gasteiger partial charge in [0.25, 0.3) is 0 Å². The van der Waals surface area contributed by atoms with Gasteiger partial charge in [-0.25, -0.2) is 9.10 Å². The fourth-order valence-electron chi connectivity index (χ4n) is 3.41. The molecule has 0 spiro atoms. The van der Waals surface area contributed by atoms with Gasteiger partial charge in [-0.2, -0.15) is 0 Å². The van der Waals surface area contributed by atoms with E-state index in [1.807, 2.05) is 24.3 Å². The van der Waals surface area contributed by atoms with Gasteiger partial charge in [0.05, 0.1) is 0 Å². The third-order valence-electron chi connectivity index (χ3n) is 5.02. The van der Waals surface area contributed by atoms with Crippen molar-refractivity contribution in [3.05, 3.63) is 89.2 Å². The van der Waals surface area contributed by atoms with Crippen molar-refractivity contribution < 1.29 is 18.6 Å². The summed E-state index contributed by atoms with van der Waals surface area (Å²) < 4.78 is 2.40. The van der Waals surface area contributed by atoms with Crippen LogP contribution in [-0.4, -0.2) is 32.8 Å². The van der Waals surface area contributed by atoms with Gasteiger partial charge < -0.3 is 21.6 Å². The van der Waals surface area contributed by atoms with E-state index in [2.05, 4.69) is 57.2 Å². The number of anilines is 1. The minimum Gasteiger partial charge on any atom is -0.412 e. The molecule has 0 saturated carbocycles. The first-order chi connectivity index (χ1) is 14.2. The second-order valence-electron chi connectivity index (χ2n) is 7.10. The molecule has 31 heavy (non-hydrogen) atoms. The van der Waals surface area contributed by atoms with Gasteiger partial charge in [0.15, 0.2) is 0 Å². The molecule has 2 aromatic carbocycles. The monoisotopic (exact) mass is 444 g/mol. The predicted molar refractivity (Wildman–Crippen MR) is 129 cm³/mol. The second-order valence-corrected chi connectivity index (χ2v) is 8.28. The summed E-state index contributed by atoms with van der Waals surface area (Å²) in [4.78, 5) is 17.2. The molecule has 0 atom stereocenters. The summed E-state index contributed by atoms with van der Waals surface area (Å²) in [5.74, 6) is 0. The van der Waals surface area contributed by atoms with Crippen molar-refractivity contribution in [3.63, 3.8) is 0 Å². The van der Waals surface area contributed by atoms with E-state index in [4.69, 9.17) is 0 Å². The van der Waals surface area contributed by atoms with Crippen LogP contribution in [0.1, 0.15) is 25.1 Å². The molecule has 0 fully saturated rings. The summed E-state index contributed by atoms with van der Waals surface area (Å²) in [6.07, 6.45) is 4.52. The van der Waals surface area contributed by atoms with Crippen molar-refractivity contribution in [2.45, 2.75) is 31.3 Å². The lowest BCUT2D eigenvalue weighted by Gasteiger charge is -2.28. The summed E-state index contributed by atoms with van der Waals surface area (Å²) in [6.45, 7) is 4.66. The van der Waals surface area contributed by atoms with Gasteiger partial charge in [-0.1, -0.05) is 18.2 Å². The molecule has 2 amide bonds. The van der Waals surface area contributed by atoms with E-state index in [1.165, 1.54) is 21.6 Å². The average Bonchev–Trinajstić information content (AvgIpc) is 2.75. The number of carbonyl (C=O) groups excluding carboxylic acids is 1. The van der Waals surface area contributed by atoms with Crippen LogP contribution in [0.5, 0.6) is 0 Å². The zero-order valence-corrected chi connectivity index (χ0v) is 18.2. The highest BCUT2D eigenvalue weighted by molar-refractivity contribution is 7.97. The van der Waals surface area contributed by atoms with E-state index >= 15 is 0 Å². The number of nitrogens with zero attached hydrogens (tertiary/aromatic N) is 2. The van der Waals surface area contributed by atoms with Gasteiger partial charge >= 0.3 is 6.03 Å². The molecule has 168 valence electrons. The van der Waals surface area contributed by atoms with Crippen molar-refractivity contribution in [3.8, 4) is 0 Å². The second kappa shape index (κ2) is 11.5. The third-order valence-corrected chi connectivity index (χ3v) is 6.07. The van der Waals surface area contributed by atoms with Crippen LogP contribution in [0, 0.1) is 6.92 Å². The minimum atomic E-state index is -0.217. The van der Waals surface area contributed by atoms with Crippen LogP contribution in [-0.2, 0) is 19.5 Å². The van der Waals surface area contributed by atoms with Crippen molar-refractivity contribution in [2.75, 3.05) is 11.9 Å². The Labute approximate surface area is 189 Å². The van der Waals surface area contributed by atoms with Gasteiger partial charge in [-0.05, 0) is 83.9 Å². The van der Waals surface area contributed by atoms with E-state index in [0.717, 1.165) is 30.8 Å². The van der Waals surface area contributed by atoms with Gasteiger partial charge in [0.1, 0.15) is 0 Å². The van der Waals surface area contributed by atoms with Crippen LogP contribution in [0.2, 0.25) is 0 Å². The molecule has 4 rings (SSSR count). The zero-order valence-electron chi connectivity index (χ0n) is 17.4. The van der Waals surface area contributed by atoms with Crippen LogP contribution < -0.4 is 10.6 Å². The maximum Gasteiger partial charge on any atom is 0.319 e. The van der Waals surface area contributed by atoms with Crippen molar-refractivity contribution in [1.82, 2.24) is 14.6 Å². The summed E-state index contributed by atoms with van der Waals surface area (Å²) in [5.41, 5.74) is 6.08. The number of rotatable bonds is 5. The highest BCUT2D eigenvalue weighted by atomic mass is 32.2. The fraction of sp³-hybridized carbons (Fsp3) is 0.217. The SMILES string of the molecule is Cc1cccc2c1CN(Sc1ccc(NC(=O)NCc3ccncc3)cc1)CC2.O.O.[HH].[HH]. The molecule has 1 aromatic heterocycles. The normalized spacial score (nSPS) is 12.7. The van der Waals surface area contributed by atoms with E-state index in [9.17, 15) is 4.79 Å². The summed E-state index contributed by atoms with van der Waals surface area (Å²) >= 11 is 1.77. The number of urea groups is 1. The lowest BCUT2D eigenvalue weighted by atomic mass is 9.97. The number of amides is 2. The van der Waals surface area contributed by atoms with Gasteiger partial charge in [0.2, 0.25) is 0 Å². The molecule has 1 aliphatic heterocycles. The number of hydrogen-bond donors (Lipinski definition) is 2. The Kier molecular flexibility index (Phi) is 9.02. The van der Waals surface area contributed by atoms with E-state index in [0.29, 0.717) is 6.54 Å². The molecule has 2 heterocycles. The third kappa shape index (κ3) is 6.53. The van der Waals surface area contributed by atoms with Crippen LogP contribution in [0.15, 0.2) is 71.9 Å². The minimum absolute atomic E-state index is 0. The number of nitrogens with one attached hydrogen (secondary N) is 2. The van der Waals surface area contributed by atoms with Crippen LogP contribution >= 0.6 is 11.9 Å². The van der Waals surface area contributed by atoms with Crippen LogP contribution in [0.25, 0.3) is 0 Å². The molecule has 6 N–H and O–H groups in total. The van der Waals surface area contributed by atoms with E-state index < -0.39 is 0 Å². The fourth-order valence-corrected chi connectivity index (χ4v) is 4.34. The number of aromatic nitrogens is 1. The van der Waals surface area contributed by atoms with Crippen molar-refractivity contribution in [1.29, 1.82) is 0 Å². The summed E-state index contributed by atoms with van der Waals surface area (Å²) in [5, 5.41) is 5.73. The Balaban J connectivity index is 0.00000256. The summed E-state index contributed by atoms with van der Waals surface area (Å²) in [7, 11) is 0. The number of hydrogen-bond acceptors (Lipinski definition) is 4. The molecule has 1 aliphatic rings. The first-order valence-electron chi connectivity index (χ1n) is 9.71. The first kappa shape index (κ1) is 24.4. The summed E-state index contributed by atoms with van der Waals surface area (Å²) in [6, 6.07) is 18.1. The smallest absolute Gasteiger partial charge is 0.319 e. The zero-order chi connectivity index (χ0) is 20.1. The Morgan fingerprint density at radius 2 is 1.84 bits per heavy atom. The molecule has 7 nitrogen and oxygen atoms in total. The van der Waals surface area contributed by atoms with Crippen molar-refractivity contribution >= 4 is 23.7 Å². The highest BCUT2D eigenvalue weighted by Crippen LogP contribution is 2.31. The average molecular weight is 445 g/mol. The van der Waals surface area contributed by atoms with E-state index in [1.54, 1.807) is 24.3 Å². The molecule has 8 heteroatoms. The van der Waals surface area contributed by atoms with Gasteiger partial charge in [-0.3, -0.25) is 4.98 Å². The molecule has 0 radical (unpaired) electrons.